The fraction of sp³-hybridized carbons (Fsp3) is 0.0909. The van der Waals surface area contributed by atoms with Gasteiger partial charge in [-0.1, -0.05) is 24.3 Å². The number of carbonyl (C=O) groups is 2. The highest BCUT2D eigenvalue weighted by molar-refractivity contribution is 7.14. The molecular formula is C22H16FNO4S. The van der Waals surface area contributed by atoms with Gasteiger partial charge >= 0.3 is 5.97 Å². The number of carboxylic acids is 1. The smallest absolute Gasteiger partial charge is 0.339 e. The number of fused-ring (bicyclic) bond motifs is 1. The lowest BCUT2D eigenvalue weighted by molar-refractivity contribution is 0.0699. The Morgan fingerprint density at radius 2 is 1.86 bits per heavy atom. The van der Waals surface area contributed by atoms with Crippen molar-refractivity contribution < 1.29 is 23.5 Å². The molecule has 0 spiro atoms. The lowest BCUT2D eigenvalue weighted by Gasteiger charge is -2.10. The van der Waals surface area contributed by atoms with Crippen LogP contribution in [0.4, 0.5) is 10.1 Å². The molecule has 0 aliphatic heterocycles. The molecule has 5 nitrogen and oxygen atoms in total. The topological polar surface area (TPSA) is 79.5 Å². The number of hydrogen-bond donors (Lipinski definition) is 2. The molecule has 0 aliphatic carbocycles. The van der Waals surface area contributed by atoms with E-state index in [2.05, 4.69) is 5.32 Å². The average Bonchev–Trinajstić information content (AvgIpc) is 3.30. The molecule has 0 radical (unpaired) electrons. The van der Waals surface area contributed by atoms with Gasteiger partial charge in [0, 0.05) is 10.8 Å². The third-order valence-electron chi connectivity index (χ3n) is 4.87. The Kier molecular flexibility index (Phi) is 4.68. The maximum absolute atomic E-state index is 13.8. The quantitative estimate of drug-likeness (QED) is 0.442. The summed E-state index contributed by atoms with van der Waals surface area (Å²) in [5.41, 5.74) is 2.44. The Hall–Kier alpha value is -3.45. The molecule has 29 heavy (non-hydrogen) atoms. The number of para-hydroxylation sites is 1. The lowest BCUT2D eigenvalue weighted by atomic mass is 9.99. The van der Waals surface area contributed by atoms with E-state index in [1.807, 2.05) is 12.1 Å². The zero-order valence-electron chi connectivity index (χ0n) is 15.6. The van der Waals surface area contributed by atoms with Crippen LogP contribution in [0.5, 0.6) is 0 Å². The fourth-order valence-corrected chi connectivity index (χ4v) is 4.25. The molecule has 4 aromatic rings. The van der Waals surface area contributed by atoms with Gasteiger partial charge in [0.2, 0.25) is 0 Å². The first-order valence-electron chi connectivity index (χ1n) is 8.77. The number of anilines is 1. The SMILES string of the molecule is Cc1c(F)ccc(-c2scc(NC(=O)c3cc4ccccc4o3)c2C(=O)O)c1C. The minimum atomic E-state index is -1.18. The van der Waals surface area contributed by atoms with Crippen molar-refractivity contribution in [3.8, 4) is 10.4 Å². The normalized spacial score (nSPS) is 11.0. The molecule has 0 saturated carbocycles. The summed E-state index contributed by atoms with van der Waals surface area (Å²) in [4.78, 5) is 25.0. The number of amides is 1. The van der Waals surface area contributed by atoms with E-state index >= 15 is 0 Å². The van der Waals surface area contributed by atoms with Crippen LogP contribution in [0.3, 0.4) is 0 Å². The van der Waals surface area contributed by atoms with Gasteiger partial charge in [0.05, 0.1) is 10.6 Å². The van der Waals surface area contributed by atoms with Crippen LogP contribution in [0, 0.1) is 19.7 Å². The van der Waals surface area contributed by atoms with Gasteiger partial charge in [-0.15, -0.1) is 11.3 Å². The van der Waals surface area contributed by atoms with E-state index in [1.165, 1.54) is 17.4 Å². The minimum absolute atomic E-state index is 0.0337. The second kappa shape index (κ2) is 7.18. The molecule has 2 N–H and O–H groups in total. The number of carboxylic acid groups (broad SMARTS) is 1. The Bertz CT molecular complexity index is 1240. The highest BCUT2D eigenvalue weighted by atomic mass is 32.1. The number of hydrogen-bond acceptors (Lipinski definition) is 4. The summed E-state index contributed by atoms with van der Waals surface area (Å²) in [5.74, 6) is -1.98. The van der Waals surface area contributed by atoms with Gasteiger partial charge < -0.3 is 14.8 Å². The summed E-state index contributed by atoms with van der Waals surface area (Å²) in [7, 11) is 0. The number of benzene rings is 2. The molecule has 0 fully saturated rings. The predicted molar refractivity (Wildman–Crippen MR) is 110 cm³/mol. The van der Waals surface area contributed by atoms with E-state index in [1.54, 1.807) is 43.5 Å². The van der Waals surface area contributed by atoms with Gasteiger partial charge in [0.1, 0.15) is 17.0 Å². The summed E-state index contributed by atoms with van der Waals surface area (Å²) >= 11 is 1.18. The number of carbonyl (C=O) groups excluding carboxylic acids is 1. The summed E-state index contributed by atoms with van der Waals surface area (Å²) in [6, 6.07) is 11.7. The molecule has 2 aromatic heterocycles. The molecule has 0 unspecified atom stereocenters. The highest BCUT2D eigenvalue weighted by Gasteiger charge is 2.24. The number of rotatable bonds is 4. The number of furan rings is 1. The predicted octanol–water partition coefficient (Wildman–Crippen LogP) is 5.87. The number of halogens is 1. The molecule has 0 saturated heterocycles. The van der Waals surface area contributed by atoms with Gasteiger partial charge in [-0.05, 0) is 48.7 Å². The Morgan fingerprint density at radius 3 is 2.59 bits per heavy atom. The number of nitrogens with one attached hydrogen (secondary N) is 1. The largest absolute Gasteiger partial charge is 0.478 e. The third kappa shape index (κ3) is 3.30. The van der Waals surface area contributed by atoms with E-state index in [-0.39, 0.29) is 22.8 Å². The van der Waals surface area contributed by atoms with Gasteiger partial charge in [-0.25, -0.2) is 9.18 Å². The Balaban J connectivity index is 1.73. The Labute approximate surface area is 169 Å². The third-order valence-corrected chi connectivity index (χ3v) is 5.88. The molecule has 0 bridgehead atoms. The molecule has 146 valence electrons. The van der Waals surface area contributed by atoms with Crippen molar-refractivity contribution in [3.63, 3.8) is 0 Å². The molecular weight excluding hydrogens is 393 g/mol. The zero-order chi connectivity index (χ0) is 20.7. The van der Waals surface area contributed by atoms with Gasteiger partial charge in [-0.2, -0.15) is 0 Å². The number of aromatic carboxylic acids is 1. The van der Waals surface area contributed by atoms with Crippen LogP contribution in [0.15, 0.2) is 52.3 Å². The first-order valence-corrected chi connectivity index (χ1v) is 9.65. The van der Waals surface area contributed by atoms with Crippen LogP contribution in [0.2, 0.25) is 0 Å². The molecule has 1 amide bonds. The fourth-order valence-electron chi connectivity index (χ4n) is 3.17. The van der Waals surface area contributed by atoms with Gasteiger partial charge in [0.25, 0.3) is 5.91 Å². The zero-order valence-corrected chi connectivity index (χ0v) is 16.4. The summed E-state index contributed by atoms with van der Waals surface area (Å²) < 4.78 is 19.4. The molecule has 0 atom stereocenters. The summed E-state index contributed by atoms with van der Waals surface area (Å²) in [5, 5.41) is 14.7. The van der Waals surface area contributed by atoms with E-state index in [0.717, 1.165) is 5.39 Å². The van der Waals surface area contributed by atoms with E-state index in [9.17, 15) is 19.1 Å². The molecule has 4 rings (SSSR count). The van der Waals surface area contributed by atoms with Crippen molar-refractivity contribution in [2.24, 2.45) is 0 Å². The van der Waals surface area contributed by atoms with Gasteiger partial charge in [0.15, 0.2) is 5.76 Å². The van der Waals surface area contributed by atoms with Crippen LogP contribution in [-0.2, 0) is 0 Å². The van der Waals surface area contributed by atoms with Crippen molar-refractivity contribution in [2.45, 2.75) is 13.8 Å². The van der Waals surface area contributed by atoms with Crippen LogP contribution >= 0.6 is 11.3 Å². The van der Waals surface area contributed by atoms with E-state index < -0.39 is 11.9 Å². The Morgan fingerprint density at radius 1 is 1.10 bits per heavy atom. The van der Waals surface area contributed by atoms with E-state index in [4.69, 9.17) is 4.42 Å². The summed E-state index contributed by atoms with van der Waals surface area (Å²) in [6.07, 6.45) is 0. The standard InChI is InChI=1S/C22H16FNO4S/c1-11-12(2)15(23)8-7-14(11)20-19(22(26)27)16(10-29-20)24-21(25)18-9-13-5-3-4-6-17(13)28-18/h3-10H,1-2H3,(H,24,25)(H,26,27). The monoisotopic (exact) mass is 409 g/mol. The highest BCUT2D eigenvalue weighted by Crippen LogP contribution is 2.39. The van der Waals surface area contributed by atoms with Crippen LogP contribution in [0.1, 0.15) is 32.0 Å². The average molecular weight is 409 g/mol. The molecule has 7 heteroatoms. The first kappa shape index (κ1) is 18.9. The van der Waals surface area contributed by atoms with Crippen molar-refractivity contribution in [3.05, 3.63) is 76.1 Å². The number of thiophene rings is 1. The molecule has 2 aromatic carbocycles. The molecule has 2 heterocycles. The van der Waals surface area contributed by atoms with E-state index in [0.29, 0.717) is 27.2 Å². The van der Waals surface area contributed by atoms with Crippen molar-refractivity contribution in [2.75, 3.05) is 5.32 Å². The van der Waals surface area contributed by atoms with Crippen molar-refractivity contribution in [1.29, 1.82) is 0 Å². The van der Waals surface area contributed by atoms with Gasteiger partial charge in [-0.3, -0.25) is 4.79 Å². The maximum Gasteiger partial charge on any atom is 0.339 e. The second-order valence-corrected chi connectivity index (χ2v) is 7.49. The second-order valence-electron chi connectivity index (χ2n) is 6.61. The first-order chi connectivity index (χ1) is 13.9. The van der Waals surface area contributed by atoms with Crippen LogP contribution in [-0.4, -0.2) is 17.0 Å². The van der Waals surface area contributed by atoms with Crippen LogP contribution < -0.4 is 5.32 Å². The van der Waals surface area contributed by atoms with Crippen molar-refractivity contribution >= 4 is 39.9 Å². The maximum atomic E-state index is 13.8. The summed E-state index contributed by atoms with van der Waals surface area (Å²) in [6.45, 7) is 3.39. The molecule has 0 aliphatic rings. The van der Waals surface area contributed by atoms with Crippen molar-refractivity contribution in [1.82, 2.24) is 0 Å². The lowest BCUT2D eigenvalue weighted by Crippen LogP contribution is -2.13. The minimum Gasteiger partial charge on any atom is -0.478 e. The van der Waals surface area contributed by atoms with Crippen LogP contribution in [0.25, 0.3) is 21.4 Å².